The average Bonchev–Trinajstić information content (AvgIpc) is 2.42. The van der Waals surface area contributed by atoms with Crippen LogP contribution in [-0.4, -0.2) is 12.7 Å². The predicted molar refractivity (Wildman–Crippen MR) is 74.1 cm³/mol. The lowest BCUT2D eigenvalue weighted by atomic mass is 10.0. The third-order valence-electron chi connectivity index (χ3n) is 2.80. The minimum absolute atomic E-state index is 0.135. The number of nitrogens with two attached hydrogens (primary N) is 2. The van der Waals surface area contributed by atoms with E-state index in [2.05, 4.69) is 9.47 Å². The molecule has 0 radical (unpaired) electrons. The van der Waals surface area contributed by atoms with Crippen molar-refractivity contribution in [1.82, 2.24) is 0 Å². The van der Waals surface area contributed by atoms with Crippen LogP contribution in [0.15, 0.2) is 36.4 Å². The second kappa shape index (κ2) is 6.02. The average molecular weight is 352 g/mol. The van der Waals surface area contributed by atoms with E-state index in [-0.39, 0.29) is 11.1 Å². The van der Waals surface area contributed by atoms with Gasteiger partial charge in [-0.2, -0.15) is 0 Å². The fraction of sp³-hybridized carbons (Fsp3) is 0.143. The zero-order valence-electron chi connectivity index (χ0n) is 11.7. The molecule has 0 amide bonds. The smallest absolute Gasteiger partial charge is 0.401 e. The molecule has 130 valence electrons. The molecule has 4 nitrogen and oxygen atoms in total. The van der Waals surface area contributed by atoms with Gasteiger partial charge in [0.25, 0.3) is 0 Å². The third kappa shape index (κ3) is 4.37. The normalized spacial score (nSPS) is 12.1. The van der Waals surface area contributed by atoms with Crippen LogP contribution < -0.4 is 20.9 Å². The molecular weight excluding hydrogens is 342 g/mol. The first-order valence-corrected chi connectivity index (χ1v) is 6.26. The zero-order chi connectivity index (χ0) is 18.1. The van der Waals surface area contributed by atoms with Crippen molar-refractivity contribution in [2.45, 2.75) is 12.7 Å². The fourth-order valence-electron chi connectivity index (χ4n) is 1.91. The van der Waals surface area contributed by atoms with Gasteiger partial charge in [0.1, 0.15) is 0 Å². The molecule has 2 aromatic carbocycles. The van der Waals surface area contributed by atoms with Gasteiger partial charge in [-0.05, 0) is 29.8 Å². The van der Waals surface area contributed by atoms with Crippen LogP contribution in [0.5, 0.6) is 11.5 Å². The molecular formula is C14H10F6N2O2. The Bertz CT molecular complexity index is 726. The quantitative estimate of drug-likeness (QED) is 0.638. The SMILES string of the molecule is Nc1ccc(-c2ccc(N)c(OC(F)(F)F)c2OC(F)(F)F)cc1. The van der Waals surface area contributed by atoms with Gasteiger partial charge in [0, 0.05) is 11.3 Å². The molecule has 0 unspecified atom stereocenters. The van der Waals surface area contributed by atoms with E-state index in [1.807, 2.05) is 0 Å². The van der Waals surface area contributed by atoms with Crippen LogP contribution in [0.4, 0.5) is 37.7 Å². The van der Waals surface area contributed by atoms with E-state index in [0.717, 1.165) is 12.1 Å². The number of hydrogen-bond acceptors (Lipinski definition) is 4. The van der Waals surface area contributed by atoms with Gasteiger partial charge in [0.15, 0.2) is 11.5 Å². The second-order valence-corrected chi connectivity index (χ2v) is 4.58. The molecule has 2 rings (SSSR count). The topological polar surface area (TPSA) is 70.5 Å². The number of nitrogen functional groups attached to an aromatic ring is 2. The van der Waals surface area contributed by atoms with Crippen molar-refractivity contribution < 1.29 is 35.8 Å². The van der Waals surface area contributed by atoms with E-state index in [0.29, 0.717) is 5.69 Å². The van der Waals surface area contributed by atoms with Crippen LogP contribution in [0.1, 0.15) is 0 Å². The van der Waals surface area contributed by atoms with Crippen molar-refractivity contribution in [1.29, 1.82) is 0 Å². The summed E-state index contributed by atoms with van der Waals surface area (Å²) >= 11 is 0. The molecule has 0 aliphatic heterocycles. The maximum absolute atomic E-state index is 12.6. The molecule has 10 heteroatoms. The number of benzene rings is 2. The molecule has 4 N–H and O–H groups in total. The van der Waals surface area contributed by atoms with Crippen LogP contribution in [0.3, 0.4) is 0 Å². The summed E-state index contributed by atoms with van der Waals surface area (Å²) in [4.78, 5) is 0. The maximum atomic E-state index is 12.6. The number of hydrogen-bond donors (Lipinski definition) is 2. The Morgan fingerprint density at radius 3 is 1.67 bits per heavy atom. The van der Waals surface area contributed by atoms with Crippen molar-refractivity contribution in [2.24, 2.45) is 0 Å². The van der Waals surface area contributed by atoms with Gasteiger partial charge in [-0.3, -0.25) is 0 Å². The highest BCUT2D eigenvalue weighted by molar-refractivity contribution is 5.79. The summed E-state index contributed by atoms with van der Waals surface area (Å²) in [7, 11) is 0. The van der Waals surface area contributed by atoms with Crippen LogP contribution in [-0.2, 0) is 0 Å². The van der Waals surface area contributed by atoms with Gasteiger partial charge in [-0.1, -0.05) is 12.1 Å². The molecule has 0 aliphatic rings. The first-order valence-electron chi connectivity index (χ1n) is 6.26. The van der Waals surface area contributed by atoms with Crippen LogP contribution >= 0.6 is 0 Å². The summed E-state index contributed by atoms with van der Waals surface area (Å²) in [6.07, 6.45) is -10.5. The van der Waals surface area contributed by atoms with E-state index in [1.165, 1.54) is 24.3 Å². The van der Waals surface area contributed by atoms with Crippen molar-refractivity contribution in [2.75, 3.05) is 11.5 Å². The Hall–Kier alpha value is -2.78. The Kier molecular flexibility index (Phi) is 4.41. The Labute approximate surface area is 131 Å². The molecule has 0 heterocycles. The number of rotatable bonds is 3. The van der Waals surface area contributed by atoms with Crippen molar-refractivity contribution >= 4 is 11.4 Å². The molecule has 24 heavy (non-hydrogen) atoms. The highest BCUT2D eigenvalue weighted by Gasteiger charge is 2.38. The molecule has 0 saturated carbocycles. The van der Waals surface area contributed by atoms with Gasteiger partial charge in [-0.15, -0.1) is 26.3 Å². The molecule has 0 atom stereocenters. The molecule has 0 aromatic heterocycles. The minimum atomic E-state index is -5.25. The molecule has 0 saturated heterocycles. The standard InChI is InChI=1S/C14H10F6N2O2/c15-13(16,17)23-11-9(7-1-3-8(21)4-2-7)5-6-10(22)12(11)24-14(18,19)20/h1-6H,21-22H2. The molecule has 2 aromatic rings. The second-order valence-electron chi connectivity index (χ2n) is 4.58. The van der Waals surface area contributed by atoms with Crippen molar-refractivity contribution in [3.8, 4) is 22.6 Å². The lowest BCUT2D eigenvalue weighted by Crippen LogP contribution is -2.22. The number of halogens is 6. The van der Waals surface area contributed by atoms with Crippen LogP contribution in [0, 0.1) is 0 Å². The maximum Gasteiger partial charge on any atom is 0.573 e. The van der Waals surface area contributed by atoms with Gasteiger partial charge >= 0.3 is 12.7 Å². The van der Waals surface area contributed by atoms with Gasteiger partial charge in [0.2, 0.25) is 0 Å². The molecule has 0 aliphatic carbocycles. The van der Waals surface area contributed by atoms with Crippen molar-refractivity contribution in [3.05, 3.63) is 36.4 Å². The lowest BCUT2D eigenvalue weighted by Gasteiger charge is -2.20. The minimum Gasteiger partial charge on any atom is -0.401 e. The summed E-state index contributed by atoms with van der Waals surface area (Å²) < 4.78 is 82.7. The Morgan fingerprint density at radius 1 is 0.667 bits per heavy atom. The first kappa shape index (κ1) is 17.6. The van der Waals surface area contributed by atoms with Gasteiger partial charge in [0.05, 0.1) is 5.69 Å². The third-order valence-corrected chi connectivity index (χ3v) is 2.80. The number of ether oxygens (including phenoxy) is 2. The van der Waals surface area contributed by atoms with E-state index in [9.17, 15) is 26.3 Å². The summed E-state index contributed by atoms with van der Waals surface area (Å²) in [5.41, 5.74) is 10.3. The van der Waals surface area contributed by atoms with Crippen molar-refractivity contribution in [3.63, 3.8) is 0 Å². The largest absolute Gasteiger partial charge is 0.573 e. The van der Waals surface area contributed by atoms with E-state index in [1.54, 1.807) is 0 Å². The molecule has 0 bridgehead atoms. The van der Waals surface area contributed by atoms with Crippen LogP contribution in [0.25, 0.3) is 11.1 Å². The monoisotopic (exact) mass is 352 g/mol. The number of alkyl halides is 6. The summed E-state index contributed by atoms with van der Waals surface area (Å²) in [5.74, 6) is -2.46. The summed E-state index contributed by atoms with van der Waals surface area (Å²) in [5, 5.41) is 0. The Balaban J connectivity index is 2.65. The zero-order valence-corrected chi connectivity index (χ0v) is 11.7. The van der Waals surface area contributed by atoms with Gasteiger partial charge < -0.3 is 20.9 Å². The van der Waals surface area contributed by atoms with E-state index < -0.39 is 29.9 Å². The Morgan fingerprint density at radius 2 is 1.17 bits per heavy atom. The first-order chi connectivity index (χ1) is 11.0. The highest BCUT2D eigenvalue weighted by Crippen LogP contribution is 2.46. The predicted octanol–water partition coefficient (Wildman–Crippen LogP) is 4.32. The summed E-state index contributed by atoms with van der Waals surface area (Å²) in [6.45, 7) is 0. The number of anilines is 2. The van der Waals surface area contributed by atoms with E-state index >= 15 is 0 Å². The van der Waals surface area contributed by atoms with Gasteiger partial charge in [-0.25, -0.2) is 0 Å². The molecule has 0 spiro atoms. The summed E-state index contributed by atoms with van der Waals surface area (Å²) in [6, 6.07) is 7.45. The highest BCUT2D eigenvalue weighted by atomic mass is 19.4. The molecule has 0 fully saturated rings. The van der Waals surface area contributed by atoms with Crippen LogP contribution in [0.2, 0.25) is 0 Å². The van der Waals surface area contributed by atoms with E-state index in [4.69, 9.17) is 11.5 Å². The lowest BCUT2D eigenvalue weighted by molar-refractivity contribution is -0.286. The fourth-order valence-corrected chi connectivity index (χ4v) is 1.91.